The normalized spacial score (nSPS) is 11.7. The second-order valence-electron chi connectivity index (χ2n) is 6.27. The molecule has 0 spiro atoms. The van der Waals surface area contributed by atoms with Crippen LogP contribution in [-0.2, 0) is 20.6 Å². The van der Waals surface area contributed by atoms with Crippen LogP contribution in [0.3, 0.4) is 0 Å². The standard InChI is InChI=1S/C19H22BrN5O2/c1-4-21-10-6-9-15-22-17-16(18(26)24(3)19(27)23(17)2)25(15)12-13-7-5-8-14(20)11-13/h5-9,11,21H,4,10,12H2,1-3H3/b9-6+. The average molecular weight is 432 g/mol. The van der Waals surface area contributed by atoms with Crippen LogP contribution in [-0.4, -0.2) is 31.8 Å². The van der Waals surface area contributed by atoms with E-state index in [4.69, 9.17) is 0 Å². The van der Waals surface area contributed by atoms with Crippen LogP contribution in [0.25, 0.3) is 17.2 Å². The van der Waals surface area contributed by atoms with Gasteiger partial charge < -0.3 is 9.88 Å². The summed E-state index contributed by atoms with van der Waals surface area (Å²) in [6.45, 7) is 4.08. The third-order valence-corrected chi connectivity index (χ3v) is 4.88. The van der Waals surface area contributed by atoms with Crippen LogP contribution in [0.2, 0.25) is 0 Å². The maximum Gasteiger partial charge on any atom is 0.332 e. The van der Waals surface area contributed by atoms with Gasteiger partial charge in [-0.05, 0) is 30.3 Å². The molecule has 27 heavy (non-hydrogen) atoms. The van der Waals surface area contributed by atoms with E-state index in [9.17, 15) is 9.59 Å². The molecule has 2 aromatic heterocycles. The van der Waals surface area contributed by atoms with Gasteiger partial charge in [0.1, 0.15) is 5.82 Å². The zero-order valence-electron chi connectivity index (χ0n) is 15.6. The lowest BCUT2D eigenvalue weighted by Crippen LogP contribution is -2.37. The zero-order chi connectivity index (χ0) is 19.6. The summed E-state index contributed by atoms with van der Waals surface area (Å²) in [6, 6.07) is 7.90. The monoisotopic (exact) mass is 431 g/mol. The fraction of sp³-hybridized carbons (Fsp3) is 0.316. The first-order chi connectivity index (χ1) is 12.9. The highest BCUT2D eigenvalue weighted by atomic mass is 79.9. The average Bonchev–Trinajstić information content (AvgIpc) is 3.00. The highest BCUT2D eigenvalue weighted by molar-refractivity contribution is 9.10. The van der Waals surface area contributed by atoms with Crippen molar-refractivity contribution in [2.75, 3.05) is 13.1 Å². The van der Waals surface area contributed by atoms with Crippen LogP contribution in [0.15, 0.2) is 44.4 Å². The molecule has 0 bridgehead atoms. The fourth-order valence-corrected chi connectivity index (χ4v) is 3.41. The minimum atomic E-state index is -0.386. The molecule has 0 radical (unpaired) electrons. The quantitative estimate of drug-likeness (QED) is 0.604. The number of benzene rings is 1. The SMILES string of the molecule is CCNC/C=C/c1nc2c(c(=O)n(C)c(=O)n2C)n1Cc1cccc(Br)c1. The molecule has 0 fully saturated rings. The number of nitrogens with one attached hydrogen (secondary N) is 1. The Kier molecular flexibility index (Phi) is 5.76. The van der Waals surface area contributed by atoms with Crippen LogP contribution >= 0.6 is 15.9 Å². The second kappa shape index (κ2) is 8.06. The van der Waals surface area contributed by atoms with Crippen molar-refractivity contribution in [1.82, 2.24) is 24.0 Å². The van der Waals surface area contributed by atoms with E-state index in [-0.39, 0.29) is 11.2 Å². The topological polar surface area (TPSA) is 73.8 Å². The number of halogens is 1. The summed E-state index contributed by atoms with van der Waals surface area (Å²) in [5, 5.41) is 3.22. The molecule has 1 N–H and O–H groups in total. The Morgan fingerprint density at radius 2 is 2.00 bits per heavy atom. The number of aryl methyl sites for hydroxylation is 1. The summed E-state index contributed by atoms with van der Waals surface area (Å²) in [5.41, 5.74) is 1.11. The maximum absolute atomic E-state index is 12.8. The third-order valence-electron chi connectivity index (χ3n) is 4.39. The van der Waals surface area contributed by atoms with Gasteiger partial charge in [-0.3, -0.25) is 13.9 Å². The first-order valence-corrected chi connectivity index (χ1v) is 9.51. The van der Waals surface area contributed by atoms with Crippen LogP contribution in [0.4, 0.5) is 0 Å². The Balaban J connectivity index is 2.21. The summed E-state index contributed by atoms with van der Waals surface area (Å²) < 4.78 is 5.36. The van der Waals surface area contributed by atoms with Crippen molar-refractivity contribution < 1.29 is 0 Å². The highest BCUT2D eigenvalue weighted by Crippen LogP contribution is 2.18. The van der Waals surface area contributed by atoms with E-state index in [1.54, 1.807) is 7.05 Å². The van der Waals surface area contributed by atoms with Crippen molar-refractivity contribution in [2.24, 2.45) is 14.1 Å². The van der Waals surface area contributed by atoms with Crippen molar-refractivity contribution in [3.8, 4) is 0 Å². The molecule has 2 heterocycles. The van der Waals surface area contributed by atoms with Crippen LogP contribution < -0.4 is 16.6 Å². The molecule has 0 saturated heterocycles. The molecule has 3 rings (SSSR count). The molecular weight excluding hydrogens is 410 g/mol. The Hall–Kier alpha value is -2.45. The van der Waals surface area contributed by atoms with Crippen LogP contribution in [0.5, 0.6) is 0 Å². The van der Waals surface area contributed by atoms with E-state index in [2.05, 4.69) is 26.2 Å². The van der Waals surface area contributed by atoms with E-state index in [1.807, 2.05) is 47.9 Å². The van der Waals surface area contributed by atoms with Crippen LogP contribution in [0, 0.1) is 0 Å². The summed E-state index contributed by atoms with van der Waals surface area (Å²) in [7, 11) is 3.12. The van der Waals surface area contributed by atoms with E-state index >= 15 is 0 Å². The van der Waals surface area contributed by atoms with E-state index in [0.29, 0.717) is 30.1 Å². The number of nitrogens with zero attached hydrogens (tertiary/aromatic N) is 4. The van der Waals surface area contributed by atoms with Gasteiger partial charge in [-0.2, -0.15) is 0 Å². The van der Waals surface area contributed by atoms with Gasteiger partial charge in [0.15, 0.2) is 11.2 Å². The minimum Gasteiger partial charge on any atom is -0.314 e. The molecule has 142 valence electrons. The first kappa shape index (κ1) is 19.3. The predicted octanol–water partition coefficient (Wildman–Crippen LogP) is 1.87. The smallest absolute Gasteiger partial charge is 0.314 e. The largest absolute Gasteiger partial charge is 0.332 e. The molecule has 0 saturated carbocycles. The van der Waals surface area contributed by atoms with Gasteiger partial charge in [0.25, 0.3) is 5.56 Å². The van der Waals surface area contributed by atoms with E-state index in [1.165, 1.54) is 11.6 Å². The Morgan fingerprint density at radius 3 is 2.70 bits per heavy atom. The second-order valence-corrected chi connectivity index (χ2v) is 7.19. The zero-order valence-corrected chi connectivity index (χ0v) is 17.2. The van der Waals surface area contributed by atoms with Gasteiger partial charge in [0.05, 0.1) is 0 Å². The molecule has 3 aromatic rings. The number of imidazole rings is 1. The summed E-state index contributed by atoms with van der Waals surface area (Å²) >= 11 is 3.48. The lowest BCUT2D eigenvalue weighted by Gasteiger charge is -2.09. The molecule has 0 aliphatic carbocycles. The van der Waals surface area contributed by atoms with E-state index < -0.39 is 0 Å². The first-order valence-electron chi connectivity index (χ1n) is 8.72. The van der Waals surface area contributed by atoms with Crippen molar-refractivity contribution >= 4 is 33.2 Å². The molecule has 0 amide bonds. The van der Waals surface area contributed by atoms with Crippen molar-refractivity contribution in [3.05, 3.63) is 67.0 Å². The number of fused-ring (bicyclic) bond motifs is 1. The number of likely N-dealkylation sites (N-methyl/N-ethyl adjacent to an activating group) is 1. The molecule has 0 aliphatic heterocycles. The highest BCUT2D eigenvalue weighted by Gasteiger charge is 2.18. The molecule has 0 aliphatic rings. The Labute approximate surface area is 165 Å². The Bertz CT molecular complexity index is 1120. The van der Waals surface area contributed by atoms with Gasteiger partial charge in [-0.15, -0.1) is 0 Å². The molecule has 0 unspecified atom stereocenters. The van der Waals surface area contributed by atoms with Gasteiger partial charge in [0, 0.05) is 31.7 Å². The van der Waals surface area contributed by atoms with Gasteiger partial charge in [-0.1, -0.05) is 41.1 Å². The van der Waals surface area contributed by atoms with Crippen molar-refractivity contribution in [1.29, 1.82) is 0 Å². The lowest BCUT2D eigenvalue weighted by molar-refractivity contribution is 0.702. The van der Waals surface area contributed by atoms with E-state index in [0.717, 1.165) is 21.1 Å². The van der Waals surface area contributed by atoms with Crippen molar-refractivity contribution in [2.45, 2.75) is 13.5 Å². The summed E-state index contributed by atoms with van der Waals surface area (Å²) in [4.78, 5) is 29.7. The molecule has 0 atom stereocenters. The van der Waals surface area contributed by atoms with Gasteiger partial charge in [0.2, 0.25) is 0 Å². The number of hydrogen-bond acceptors (Lipinski definition) is 4. The number of rotatable bonds is 6. The fourth-order valence-electron chi connectivity index (χ4n) is 2.96. The number of aromatic nitrogens is 4. The van der Waals surface area contributed by atoms with Gasteiger partial charge >= 0.3 is 5.69 Å². The molecule has 8 heteroatoms. The Morgan fingerprint density at radius 1 is 1.22 bits per heavy atom. The lowest BCUT2D eigenvalue weighted by atomic mass is 10.2. The minimum absolute atomic E-state index is 0.345. The molecule has 1 aromatic carbocycles. The summed E-state index contributed by atoms with van der Waals surface area (Å²) in [6.07, 6.45) is 3.84. The van der Waals surface area contributed by atoms with Gasteiger partial charge in [-0.25, -0.2) is 9.78 Å². The number of hydrogen-bond donors (Lipinski definition) is 1. The van der Waals surface area contributed by atoms with Crippen LogP contribution in [0.1, 0.15) is 18.3 Å². The maximum atomic E-state index is 12.8. The summed E-state index contributed by atoms with van der Waals surface area (Å²) in [5.74, 6) is 0.640. The third kappa shape index (κ3) is 3.81. The van der Waals surface area contributed by atoms with Crippen molar-refractivity contribution in [3.63, 3.8) is 0 Å². The molecular formula is C19H22BrN5O2. The molecule has 7 nitrogen and oxygen atoms in total. The predicted molar refractivity (Wildman–Crippen MR) is 111 cm³/mol.